The Balaban J connectivity index is 2.18. The van der Waals surface area contributed by atoms with E-state index in [0.717, 1.165) is 25.8 Å². The molecule has 0 radical (unpaired) electrons. The van der Waals surface area contributed by atoms with Crippen LogP contribution in [0.25, 0.3) is 0 Å². The SMILES string of the molecule is CC(C)NCC1(CCOCC(F)(F)F)CCC1. The van der Waals surface area contributed by atoms with Crippen LogP contribution in [0.4, 0.5) is 13.2 Å². The molecule has 0 aromatic rings. The average molecular weight is 253 g/mol. The number of ether oxygens (including phenoxy) is 1. The number of hydrogen-bond donors (Lipinski definition) is 1. The van der Waals surface area contributed by atoms with Crippen LogP contribution < -0.4 is 5.32 Å². The Kier molecular flexibility index (Phi) is 5.25. The molecule has 1 N–H and O–H groups in total. The Labute approximate surface area is 101 Å². The Morgan fingerprint density at radius 2 is 1.94 bits per heavy atom. The molecule has 2 nitrogen and oxygen atoms in total. The lowest BCUT2D eigenvalue weighted by atomic mass is 9.66. The first-order valence-corrected chi connectivity index (χ1v) is 6.21. The topological polar surface area (TPSA) is 21.3 Å². The summed E-state index contributed by atoms with van der Waals surface area (Å²) in [5, 5.41) is 3.37. The van der Waals surface area contributed by atoms with Crippen molar-refractivity contribution in [3.63, 3.8) is 0 Å². The van der Waals surface area contributed by atoms with Gasteiger partial charge in [-0.25, -0.2) is 0 Å². The summed E-state index contributed by atoms with van der Waals surface area (Å²) in [6, 6.07) is 0.420. The molecule has 1 aliphatic rings. The van der Waals surface area contributed by atoms with E-state index in [1.54, 1.807) is 0 Å². The van der Waals surface area contributed by atoms with Gasteiger partial charge in [0.25, 0.3) is 0 Å². The van der Waals surface area contributed by atoms with Crippen LogP contribution in [0.15, 0.2) is 0 Å². The fraction of sp³-hybridized carbons (Fsp3) is 1.00. The number of alkyl halides is 3. The third-order valence-electron chi connectivity index (χ3n) is 3.34. The van der Waals surface area contributed by atoms with Gasteiger partial charge < -0.3 is 10.1 Å². The summed E-state index contributed by atoms with van der Waals surface area (Å²) in [5.74, 6) is 0. The van der Waals surface area contributed by atoms with E-state index in [1.807, 2.05) is 0 Å². The van der Waals surface area contributed by atoms with Crippen LogP contribution in [-0.2, 0) is 4.74 Å². The smallest absolute Gasteiger partial charge is 0.372 e. The average Bonchev–Trinajstić information content (AvgIpc) is 2.12. The molecular weight excluding hydrogens is 231 g/mol. The van der Waals surface area contributed by atoms with Gasteiger partial charge in [-0.15, -0.1) is 0 Å². The van der Waals surface area contributed by atoms with Gasteiger partial charge in [0.15, 0.2) is 0 Å². The van der Waals surface area contributed by atoms with E-state index in [0.29, 0.717) is 6.04 Å². The van der Waals surface area contributed by atoms with Gasteiger partial charge >= 0.3 is 6.18 Å². The van der Waals surface area contributed by atoms with Crippen molar-refractivity contribution in [2.75, 3.05) is 19.8 Å². The Hall–Kier alpha value is -0.290. The molecule has 0 spiro atoms. The second-order valence-corrected chi connectivity index (χ2v) is 5.31. The van der Waals surface area contributed by atoms with Crippen molar-refractivity contribution in [1.82, 2.24) is 5.32 Å². The molecular formula is C12H22F3NO. The summed E-state index contributed by atoms with van der Waals surface area (Å²) < 4.78 is 40.3. The first-order valence-electron chi connectivity index (χ1n) is 6.21. The van der Waals surface area contributed by atoms with Crippen molar-refractivity contribution in [2.45, 2.75) is 51.7 Å². The summed E-state index contributed by atoms with van der Waals surface area (Å²) in [6.07, 6.45) is -0.102. The van der Waals surface area contributed by atoms with Crippen molar-refractivity contribution < 1.29 is 17.9 Å². The van der Waals surface area contributed by atoms with Crippen LogP contribution in [0.3, 0.4) is 0 Å². The van der Waals surface area contributed by atoms with E-state index in [-0.39, 0.29) is 12.0 Å². The second-order valence-electron chi connectivity index (χ2n) is 5.31. The lowest BCUT2D eigenvalue weighted by Crippen LogP contribution is -2.43. The molecule has 0 aliphatic heterocycles. The summed E-state index contributed by atoms with van der Waals surface area (Å²) in [5.41, 5.74) is 0.176. The maximum absolute atomic E-state index is 11.9. The number of nitrogens with one attached hydrogen (secondary N) is 1. The number of rotatable bonds is 7. The molecule has 1 saturated carbocycles. The van der Waals surface area contributed by atoms with Crippen LogP contribution in [0.2, 0.25) is 0 Å². The van der Waals surface area contributed by atoms with Crippen LogP contribution in [0.5, 0.6) is 0 Å². The number of halogens is 3. The molecule has 1 aliphatic carbocycles. The highest BCUT2D eigenvalue weighted by Crippen LogP contribution is 2.43. The zero-order chi connectivity index (χ0) is 12.9. The molecule has 1 rings (SSSR count). The Morgan fingerprint density at radius 3 is 2.35 bits per heavy atom. The van der Waals surface area contributed by atoms with E-state index in [9.17, 15) is 13.2 Å². The molecule has 0 heterocycles. The largest absolute Gasteiger partial charge is 0.411 e. The van der Waals surface area contributed by atoms with Gasteiger partial charge in [-0.05, 0) is 24.7 Å². The fourth-order valence-electron chi connectivity index (χ4n) is 2.09. The normalized spacial score (nSPS) is 19.4. The second kappa shape index (κ2) is 6.05. The quantitative estimate of drug-likeness (QED) is 0.704. The van der Waals surface area contributed by atoms with Gasteiger partial charge in [-0.1, -0.05) is 20.3 Å². The highest BCUT2D eigenvalue weighted by Gasteiger charge is 2.36. The van der Waals surface area contributed by atoms with Gasteiger partial charge in [-0.3, -0.25) is 0 Å². The molecule has 0 aromatic heterocycles. The minimum atomic E-state index is -4.21. The van der Waals surface area contributed by atoms with E-state index in [1.165, 1.54) is 6.42 Å². The van der Waals surface area contributed by atoms with E-state index >= 15 is 0 Å². The first-order chi connectivity index (χ1) is 7.83. The van der Waals surface area contributed by atoms with Crippen LogP contribution in [0, 0.1) is 5.41 Å². The van der Waals surface area contributed by atoms with Crippen molar-refractivity contribution in [3.8, 4) is 0 Å². The Bertz CT molecular complexity index is 224. The van der Waals surface area contributed by atoms with Crippen molar-refractivity contribution in [1.29, 1.82) is 0 Å². The highest BCUT2D eigenvalue weighted by atomic mass is 19.4. The van der Waals surface area contributed by atoms with Gasteiger partial charge in [0, 0.05) is 19.2 Å². The lowest BCUT2D eigenvalue weighted by Gasteiger charge is -2.42. The molecule has 0 unspecified atom stereocenters. The van der Waals surface area contributed by atoms with E-state index < -0.39 is 12.8 Å². The molecule has 17 heavy (non-hydrogen) atoms. The molecule has 0 atom stereocenters. The molecule has 0 aromatic carbocycles. The third-order valence-corrected chi connectivity index (χ3v) is 3.34. The van der Waals surface area contributed by atoms with Gasteiger partial charge in [0.2, 0.25) is 0 Å². The summed E-state index contributed by atoms with van der Waals surface area (Å²) in [7, 11) is 0. The summed E-state index contributed by atoms with van der Waals surface area (Å²) >= 11 is 0. The van der Waals surface area contributed by atoms with Crippen LogP contribution in [-0.4, -0.2) is 32.0 Å². The maximum Gasteiger partial charge on any atom is 0.411 e. The van der Waals surface area contributed by atoms with E-state index in [2.05, 4.69) is 23.9 Å². The monoisotopic (exact) mass is 253 g/mol. The van der Waals surface area contributed by atoms with Crippen LogP contribution in [0.1, 0.15) is 39.5 Å². The van der Waals surface area contributed by atoms with Gasteiger partial charge in [0.1, 0.15) is 6.61 Å². The zero-order valence-electron chi connectivity index (χ0n) is 10.6. The molecule has 102 valence electrons. The van der Waals surface area contributed by atoms with Crippen LogP contribution >= 0.6 is 0 Å². The minimum Gasteiger partial charge on any atom is -0.372 e. The molecule has 0 bridgehead atoms. The molecule has 0 amide bonds. The Morgan fingerprint density at radius 1 is 1.29 bits per heavy atom. The molecule has 5 heteroatoms. The highest BCUT2D eigenvalue weighted by molar-refractivity contribution is 4.89. The first kappa shape index (κ1) is 14.8. The predicted molar refractivity (Wildman–Crippen MR) is 60.9 cm³/mol. The fourth-order valence-corrected chi connectivity index (χ4v) is 2.09. The van der Waals surface area contributed by atoms with Crippen molar-refractivity contribution in [2.24, 2.45) is 5.41 Å². The summed E-state index contributed by atoms with van der Waals surface area (Å²) in [6.45, 7) is 4.12. The van der Waals surface area contributed by atoms with Gasteiger partial charge in [-0.2, -0.15) is 13.2 Å². The molecule has 1 fully saturated rings. The predicted octanol–water partition coefficient (Wildman–Crippen LogP) is 3.12. The minimum absolute atomic E-state index is 0.176. The van der Waals surface area contributed by atoms with Gasteiger partial charge in [0.05, 0.1) is 0 Å². The maximum atomic E-state index is 11.9. The standard InChI is InChI=1S/C12H22F3NO/c1-10(2)16-8-11(4-3-5-11)6-7-17-9-12(13,14)15/h10,16H,3-9H2,1-2H3. The summed E-state index contributed by atoms with van der Waals surface area (Å²) in [4.78, 5) is 0. The third kappa shape index (κ3) is 5.73. The zero-order valence-corrected chi connectivity index (χ0v) is 10.6. The number of hydrogen-bond acceptors (Lipinski definition) is 2. The molecule has 0 saturated heterocycles. The van der Waals surface area contributed by atoms with E-state index in [4.69, 9.17) is 0 Å². The van der Waals surface area contributed by atoms with Crippen molar-refractivity contribution >= 4 is 0 Å². The lowest BCUT2D eigenvalue weighted by molar-refractivity contribution is -0.176. The van der Waals surface area contributed by atoms with Crippen molar-refractivity contribution in [3.05, 3.63) is 0 Å².